The van der Waals surface area contributed by atoms with Gasteiger partial charge in [0.25, 0.3) is 0 Å². The van der Waals surface area contributed by atoms with Gasteiger partial charge in [-0.25, -0.2) is 0 Å². The van der Waals surface area contributed by atoms with Gasteiger partial charge in [-0.3, -0.25) is 9.69 Å². The van der Waals surface area contributed by atoms with Gasteiger partial charge >= 0.3 is 0 Å². The molecule has 1 heterocycles. The lowest BCUT2D eigenvalue weighted by atomic mass is 9.86. The highest BCUT2D eigenvalue weighted by molar-refractivity contribution is 5.96. The topological polar surface area (TPSA) is 20.3 Å². The molecule has 0 radical (unpaired) electrons. The maximum Gasteiger partial charge on any atom is 0.164 e. The minimum absolute atomic E-state index is 0.263. The van der Waals surface area contributed by atoms with Gasteiger partial charge in [-0.2, -0.15) is 0 Å². The summed E-state index contributed by atoms with van der Waals surface area (Å²) < 4.78 is 0. The maximum absolute atomic E-state index is 12.1. The zero-order chi connectivity index (χ0) is 13.8. The van der Waals surface area contributed by atoms with E-state index < -0.39 is 0 Å². The van der Waals surface area contributed by atoms with Crippen LogP contribution in [0.4, 0.5) is 0 Å². The van der Waals surface area contributed by atoms with Gasteiger partial charge in [0.1, 0.15) is 0 Å². The molecule has 0 amide bonds. The predicted molar refractivity (Wildman–Crippen MR) is 79.4 cm³/mol. The molecule has 0 saturated carbocycles. The molecule has 2 heteroatoms. The van der Waals surface area contributed by atoms with Crippen LogP contribution in [0.1, 0.15) is 44.0 Å². The third kappa shape index (κ3) is 3.66. The van der Waals surface area contributed by atoms with Gasteiger partial charge in [0.05, 0.1) is 0 Å². The number of likely N-dealkylation sites (tertiary alicyclic amines) is 1. The van der Waals surface area contributed by atoms with E-state index >= 15 is 0 Å². The molecule has 3 atom stereocenters. The van der Waals surface area contributed by atoms with Crippen molar-refractivity contribution in [3.63, 3.8) is 0 Å². The van der Waals surface area contributed by atoms with E-state index in [9.17, 15) is 4.79 Å². The van der Waals surface area contributed by atoms with Crippen molar-refractivity contribution in [3.8, 4) is 0 Å². The van der Waals surface area contributed by atoms with Crippen molar-refractivity contribution >= 4 is 5.78 Å². The minimum atomic E-state index is 0.263. The van der Waals surface area contributed by atoms with Gasteiger partial charge in [0, 0.05) is 31.1 Å². The number of Topliss-reactive ketones (excluding diaryl/α,β-unsaturated/α-hetero) is 1. The summed E-state index contributed by atoms with van der Waals surface area (Å²) in [6.07, 6.45) is 1.94. The minimum Gasteiger partial charge on any atom is -0.300 e. The van der Waals surface area contributed by atoms with Gasteiger partial charge in [-0.1, -0.05) is 44.2 Å². The molecule has 1 aliphatic rings. The van der Waals surface area contributed by atoms with Gasteiger partial charge in [-0.15, -0.1) is 0 Å². The van der Waals surface area contributed by atoms with Crippen molar-refractivity contribution in [3.05, 3.63) is 35.9 Å². The Morgan fingerprint density at radius 2 is 1.89 bits per heavy atom. The summed E-state index contributed by atoms with van der Waals surface area (Å²) in [6, 6.07) is 10.2. The van der Waals surface area contributed by atoms with Crippen LogP contribution in [0.5, 0.6) is 0 Å². The molecule has 3 unspecified atom stereocenters. The fourth-order valence-corrected chi connectivity index (χ4v) is 3.14. The first-order chi connectivity index (χ1) is 9.08. The highest BCUT2D eigenvalue weighted by Gasteiger charge is 2.28. The van der Waals surface area contributed by atoms with E-state index in [0.29, 0.717) is 12.5 Å². The van der Waals surface area contributed by atoms with Crippen LogP contribution in [-0.4, -0.2) is 29.8 Å². The second kappa shape index (κ2) is 6.33. The van der Waals surface area contributed by atoms with Crippen molar-refractivity contribution in [2.45, 2.75) is 39.7 Å². The van der Waals surface area contributed by atoms with E-state index in [0.717, 1.165) is 30.5 Å². The first-order valence-electron chi connectivity index (χ1n) is 7.40. The highest BCUT2D eigenvalue weighted by atomic mass is 16.1. The van der Waals surface area contributed by atoms with E-state index in [4.69, 9.17) is 0 Å². The van der Waals surface area contributed by atoms with Crippen molar-refractivity contribution in [2.24, 2.45) is 11.8 Å². The van der Waals surface area contributed by atoms with Crippen LogP contribution in [0, 0.1) is 11.8 Å². The van der Waals surface area contributed by atoms with Crippen molar-refractivity contribution < 1.29 is 4.79 Å². The summed E-state index contributed by atoms with van der Waals surface area (Å²) in [5.41, 5.74) is 0.841. The number of carbonyl (C=O) groups excluding carboxylic acids is 1. The second-order valence-corrected chi connectivity index (χ2v) is 6.09. The molecule has 0 spiro atoms. The smallest absolute Gasteiger partial charge is 0.164 e. The zero-order valence-electron chi connectivity index (χ0n) is 12.3. The fourth-order valence-electron chi connectivity index (χ4n) is 3.14. The zero-order valence-corrected chi connectivity index (χ0v) is 12.3. The SMILES string of the molecule is CC1CC(C)C(C)N(CCC(=O)c2ccccc2)C1. The molecule has 1 aromatic rings. The molecule has 1 aromatic carbocycles. The van der Waals surface area contributed by atoms with E-state index in [1.54, 1.807) is 0 Å². The Morgan fingerprint density at radius 3 is 2.58 bits per heavy atom. The Morgan fingerprint density at radius 1 is 1.21 bits per heavy atom. The lowest BCUT2D eigenvalue weighted by Gasteiger charge is -2.41. The molecule has 19 heavy (non-hydrogen) atoms. The number of ketones is 1. The van der Waals surface area contributed by atoms with Crippen LogP contribution >= 0.6 is 0 Å². The maximum atomic E-state index is 12.1. The molecular formula is C17H25NO. The Balaban J connectivity index is 1.89. The average molecular weight is 259 g/mol. The van der Waals surface area contributed by atoms with E-state index in [1.807, 2.05) is 30.3 Å². The summed E-state index contributed by atoms with van der Waals surface area (Å²) in [5, 5.41) is 0. The standard InChI is InChI=1S/C17H25NO/c1-13-11-14(2)15(3)18(12-13)10-9-17(19)16-7-5-4-6-8-16/h4-8,13-15H,9-12H2,1-3H3. The quantitative estimate of drug-likeness (QED) is 0.770. The highest BCUT2D eigenvalue weighted by Crippen LogP contribution is 2.26. The largest absolute Gasteiger partial charge is 0.300 e. The number of nitrogens with zero attached hydrogens (tertiary/aromatic N) is 1. The first kappa shape index (κ1) is 14.3. The molecule has 0 N–H and O–H groups in total. The normalized spacial score (nSPS) is 28.3. The third-order valence-corrected chi connectivity index (χ3v) is 4.44. The second-order valence-electron chi connectivity index (χ2n) is 6.09. The number of hydrogen-bond acceptors (Lipinski definition) is 2. The van der Waals surface area contributed by atoms with Crippen molar-refractivity contribution in [1.82, 2.24) is 4.90 Å². The van der Waals surface area contributed by atoms with Crippen LogP contribution in [0.25, 0.3) is 0 Å². The third-order valence-electron chi connectivity index (χ3n) is 4.44. The summed E-state index contributed by atoms with van der Waals surface area (Å²) in [6.45, 7) is 8.96. The van der Waals surface area contributed by atoms with Gasteiger partial charge in [-0.05, 0) is 25.2 Å². The molecule has 0 aromatic heterocycles. The monoisotopic (exact) mass is 259 g/mol. The number of hydrogen-bond donors (Lipinski definition) is 0. The predicted octanol–water partition coefficient (Wildman–Crippen LogP) is 3.63. The molecule has 1 fully saturated rings. The molecule has 0 aliphatic carbocycles. The van der Waals surface area contributed by atoms with Crippen LogP contribution in [-0.2, 0) is 0 Å². The Bertz CT molecular complexity index is 415. The molecule has 0 bridgehead atoms. The molecule has 1 aliphatic heterocycles. The molecule has 1 saturated heterocycles. The first-order valence-corrected chi connectivity index (χ1v) is 7.40. The van der Waals surface area contributed by atoms with Crippen LogP contribution < -0.4 is 0 Å². The molecule has 2 rings (SSSR count). The van der Waals surface area contributed by atoms with E-state index in [2.05, 4.69) is 25.7 Å². The van der Waals surface area contributed by atoms with Crippen LogP contribution in [0.2, 0.25) is 0 Å². The van der Waals surface area contributed by atoms with Crippen LogP contribution in [0.15, 0.2) is 30.3 Å². The average Bonchev–Trinajstić information content (AvgIpc) is 2.41. The van der Waals surface area contributed by atoms with Gasteiger partial charge in [0.2, 0.25) is 0 Å². The van der Waals surface area contributed by atoms with E-state index in [1.165, 1.54) is 6.42 Å². The van der Waals surface area contributed by atoms with E-state index in [-0.39, 0.29) is 5.78 Å². The summed E-state index contributed by atoms with van der Waals surface area (Å²) in [4.78, 5) is 14.6. The van der Waals surface area contributed by atoms with Crippen molar-refractivity contribution in [2.75, 3.05) is 13.1 Å². The van der Waals surface area contributed by atoms with Crippen LogP contribution in [0.3, 0.4) is 0 Å². The molecule has 104 valence electrons. The summed E-state index contributed by atoms with van der Waals surface area (Å²) in [7, 11) is 0. The van der Waals surface area contributed by atoms with Gasteiger partial charge in [0.15, 0.2) is 5.78 Å². The summed E-state index contributed by atoms with van der Waals surface area (Å²) >= 11 is 0. The molecule has 2 nitrogen and oxygen atoms in total. The number of benzene rings is 1. The van der Waals surface area contributed by atoms with Crippen molar-refractivity contribution in [1.29, 1.82) is 0 Å². The molecular weight excluding hydrogens is 234 g/mol. The number of rotatable bonds is 4. The summed E-state index contributed by atoms with van der Waals surface area (Å²) in [5.74, 6) is 1.74. The van der Waals surface area contributed by atoms with Gasteiger partial charge < -0.3 is 0 Å². The Hall–Kier alpha value is -1.15. The lowest BCUT2D eigenvalue weighted by molar-refractivity contribution is 0.0721. The lowest BCUT2D eigenvalue weighted by Crippen LogP contribution is -2.46. The number of piperidine rings is 1. The number of carbonyl (C=O) groups is 1. The Labute approximate surface area is 116 Å². The fraction of sp³-hybridized carbons (Fsp3) is 0.588. The Kier molecular flexibility index (Phi) is 4.76.